The van der Waals surface area contributed by atoms with Gasteiger partial charge < -0.3 is 20.3 Å². The van der Waals surface area contributed by atoms with E-state index < -0.39 is 12.2 Å². The summed E-state index contributed by atoms with van der Waals surface area (Å²) in [5.74, 6) is 1.16. The van der Waals surface area contributed by atoms with E-state index in [1.165, 1.54) is 6.08 Å². The molecule has 0 aromatic carbocycles. The highest BCUT2D eigenvalue weighted by molar-refractivity contribution is 7.99. The van der Waals surface area contributed by atoms with Crippen molar-refractivity contribution < 1.29 is 19.7 Å². The van der Waals surface area contributed by atoms with Crippen LogP contribution >= 0.6 is 11.8 Å². The minimum atomic E-state index is -0.796. The number of aliphatic hydroxyl groups excluding tert-OH is 2. The Morgan fingerprint density at radius 3 is 2.94 bits per heavy atom. The van der Waals surface area contributed by atoms with Gasteiger partial charge in [0.1, 0.15) is 12.2 Å². The average Bonchev–Trinajstić information content (AvgIpc) is 2.60. The van der Waals surface area contributed by atoms with E-state index in [0.29, 0.717) is 12.3 Å². The summed E-state index contributed by atoms with van der Waals surface area (Å²) in [5.41, 5.74) is 0. The van der Waals surface area contributed by atoms with E-state index in [1.54, 1.807) is 11.8 Å². The van der Waals surface area contributed by atoms with Gasteiger partial charge in [-0.05, 0) is 6.08 Å². The van der Waals surface area contributed by atoms with E-state index >= 15 is 0 Å². The number of thioether (sulfide) groups is 1. The molecule has 1 fully saturated rings. The molecule has 1 rings (SSSR count). The third-order valence-electron chi connectivity index (χ3n) is 2.27. The zero-order valence-electron chi connectivity index (χ0n) is 8.96. The smallest absolute Gasteiger partial charge is 0.243 e. The highest BCUT2D eigenvalue weighted by atomic mass is 32.2. The van der Waals surface area contributed by atoms with Crippen LogP contribution in [0.2, 0.25) is 0 Å². The molecule has 0 aromatic rings. The van der Waals surface area contributed by atoms with Crippen molar-refractivity contribution in [2.45, 2.75) is 18.3 Å². The molecule has 0 bridgehead atoms. The normalized spacial score (nSPS) is 29.0. The molecular formula is C10H17NO4S. The summed E-state index contributed by atoms with van der Waals surface area (Å²) in [7, 11) is 0. The molecule has 1 aliphatic rings. The molecule has 1 heterocycles. The largest absolute Gasteiger partial charge is 0.388 e. The summed E-state index contributed by atoms with van der Waals surface area (Å²) in [6.45, 7) is 4.09. The minimum absolute atomic E-state index is 0.187. The quantitative estimate of drug-likeness (QED) is 0.420. The van der Waals surface area contributed by atoms with Gasteiger partial charge in [0.05, 0.1) is 12.7 Å². The first-order chi connectivity index (χ1) is 7.65. The van der Waals surface area contributed by atoms with Gasteiger partial charge >= 0.3 is 0 Å². The molecule has 0 aliphatic carbocycles. The van der Waals surface area contributed by atoms with Crippen molar-refractivity contribution in [3.8, 4) is 0 Å². The number of amides is 1. The number of nitrogens with one attached hydrogen (secondary N) is 1. The molecule has 6 heteroatoms. The van der Waals surface area contributed by atoms with Gasteiger partial charge in [0.2, 0.25) is 5.91 Å². The number of hydrogen-bond donors (Lipinski definition) is 3. The van der Waals surface area contributed by atoms with Crippen molar-refractivity contribution in [2.75, 3.05) is 24.7 Å². The fourth-order valence-electron chi connectivity index (χ4n) is 1.33. The zero-order valence-corrected chi connectivity index (χ0v) is 9.78. The van der Waals surface area contributed by atoms with Gasteiger partial charge in [0.15, 0.2) is 0 Å². The second-order valence-corrected chi connectivity index (χ2v) is 4.65. The Hall–Kier alpha value is -0.560. The molecule has 16 heavy (non-hydrogen) atoms. The van der Waals surface area contributed by atoms with Gasteiger partial charge in [-0.3, -0.25) is 4.79 Å². The molecule has 3 N–H and O–H groups in total. The summed E-state index contributed by atoms with van der Waals surface area (Å²) in [5, 5.41) is 21.3. The number of aliphatic hydroxyl groups is 2. The Labute approximate surface area is 98.9 Å². The van der Waals surface area contributed by atoms with Crippen LogP contribution in [0.25, 0.3) is 0 Å². The van der Waals surface area contributed by atoms with Crippen LogP contribution in [0.4, 0.5) is 0 Å². The monoisotopic (exact) mass is 247 g/mol. The van der Waals surface area contributed by atoms with Crippen LogP contribution in [0.3, 0.4) is 0 Å². The van der Waals surface area contributed by atoms with Crippen molar-refractivity contribution in [3.05, 3.63) is 12.7 Å². The van der Waals surface area contributed by atoms with Gasteiger partial charge in [0.25, 0.3) is 0 Å². The molecule has 1 saturated heterocycles. The maximum absolute atomic E-state index is 10.8. The zero-order chi connectivity index (χ0) is 12.0. The molecule has 0 aromatic heterocycles. The van der Waals surface area contributed by atoms with Gasteiger partial charge in [-0.15, -0.1) is 0 Å². The molecule has 0 spiro atoms. The van der Waals surface area contributed by atoms with Crippen LogP contribution in [-0.4, -0.2) is 59.1 Å². The Balaban J connectivity index is 2.03. The first-order valence-corrected chi connectivity index (χ1v) is 6.26. The topological polar surface area (TPSA) is 78.8 Å². The number of hydrogen-bond acceptors (Lipinski definition) is 5. The molecule has 0 radical (unpaired) electrons. The Kier molecular flexibility index (Phi) is 5.83. The second kappa shape index (κ2) is 6.90. The molecular weight excluding hydrogens is 230 g/mol. The fourth-order valence-corrected chi connectivity index (χ4v) is 2.27. The number of ether oxygens (including phenoxy) is 1. The lowest BCUT2D eigenvalue weighted by molar-refractivity contribution is -0.116. The molecule has 0 saturated carbocycles. The maximum atomic E-state index is 10.8. The van der Waals surface area contributed by atoms with E-state index in [1.807, 2.05) is 0 Å². The number of carbonyl (C=O) groups excluding carboxylic acids is 1. The van der Waals surface area contributed by atoms with E-state index in [0.717, 1.165) is 5.75 Å². The third-order valence-corrected chi connectivity index (χ3v) is 3.33. The van der Waals surface area contributed by atoms with Crippen LogP contribution < -0.4 is 5.32 Å². The Morgan fingerprint density at radius 2 is 2.38 bits per heavy atom. The third kappa shape index (κ3) is 4.13. The van der Waals surface area contributed by atoms with Crippen LogP contribution in [0.15, 0.2) is 12.7 Å². The van der Waals surface area contributed by atoms with Crippen molar-refractivity contribution in [1.82, 2.24) is 5.32 Å². The lowest BCUT2D eigenvalue weighted by atomic mass is 10.2. The van der Waals surface area contributed by atoms with Crippen molar-refractivity contribution in [2.24, 2.45) is 0 Å². The van der Waals surface area contributed by atoms with Crippen molar-refractivity contribution >= 4 is 17.7 Å². The van der Waals surface area contributed by atoms with Crippen LogP contribution in [0.1, 0.15) is 0 Å². The Bertz CT molecular complexity index is 249. The predicted molar refractivity (Wildman–Crippen MR) is 62.3 cm³/mol. The maximum Gasteiger partial charge on any atom is 0.243 e. The van der Waals surface area contributed by atoms with E-state index in [2.05, 4.69) is 11.9 Å². The molecule has 92 valence electrons. The number of rotatable bonds is 6. The number of carbonyl (C=O) groups is 1. The fraction of sp³-hybridized carbons (Fsp3) is 0.700. The van der Waals surface area contributed by atoms with Gasteiger partial charge in [-0.2, -0.15) is 11.8 Å². The minimum Gasteiger partial charge on any atom is -0.388 e. The average molecular weight is 247 g/mol. The van der Waals surface area contributed by atoms with Crippen molar-refractivity contribution in [3.63, 3.8) is 0 Å². The molecule has 2 unspecified atom stereocenters. The van der Waals surface area contributed by atoms with Crippen LogP contribution in [-0.2, 0) is 9.53 Å². The molecule has 1 aliphatic heterocycles. The summed E-state index contributed by atoms with van der Waals surface area (Å²) in [6, 6.07) is 0. The highest BCUT2D eigenvalue weighted by Gasteiger charge is 2.33. The van der Waals surface area contributed by atoms with Crippen LogP contribution in [0, 0.1) is 0 Å². The predicted octanol–water partition coefficient (Wildman–Crippen LogP) is -0.858. The van der Waals surface area contributed by atoms with Gasteiger partial charge in [0, 0.05) is 18.1 Å². The molecule has 3 atom stereocenters. The van der Waals surface area contributed by atoms with E-state index in [9.17, 15) is 15.0 Å². The SMILES string of the molecule is C=CC(=O)NCCSC[C@@H]1OCC(O)C1O. The first kappa shape index (κ1) is 13.5. The summed E-state index contributed by atoms with van der Waals surface area (Å²) < 4.78 is 5.20. The summed E-state index contributed by atoms with van der Waals surface area (Å²) in [4.78, 5) is 10.8. The summed E-state index contributed by atoms with van der Waals surface area (Å²) >= 11 is 1.56. The highest BCUT2D eigenvalue weighted by Crippen LogP contribution is 2.18. The first-order valence-electron chi connectivity index (χ1n) is 5.11. The lowest BCUT2D eigenvalue weighted by Crippen LogP contribution is -2.31. The summed E-state index contributed by atoms with van der Waals surface area (Å²) in [6.07, 6.45) is -0.651. The molecule has 5 nitrogen and oxygen atoms in total. The van der Waals surface area contributed by atoms with Gasteiger partial charge in [-0.1, -0.05) is 6.58 Å². The van der Waals surface area contributed by atoms with Crippen LogP contribution in [0.5, 0.6) is 0 Å². The molecule has 1 amide bonds. The van der Waals surface area contributed by atoms with E-state index in [-0.39, 0.29) is 18.6 Å². The van der Waals surface area contributed by atoms with Crippen molar-refractivity contribution in [1.29, 1.82) is 0 Å². The van der Waals surface area contributed by atoms with Gasteiger partial charge in [-0.25, -0.2) is 0 Å². The van der Waals surface area contributed by atoms with E-state index in [4.69, 9.17) is 4.74 Å². The Morgan fingerprint density at radius 1 is 1.62 bits per heavy atom. The lowest BCUT2D eigenvalue weighted by Gasteiger charge is -2.14. The second-order valence-electron chi connectivity index (χ2n) is 3.50. The standard InChI is InChI=1S/C10H17NO4S/c1-2-9(13)11-3-4-16-6-8-10(14)7(12)5-15-8/h2,7-8,10,12,14H,1,3-6H2,(H,11,13)/t7?,8-,10?/m0/s1.